The zero-order valence-corrected chi connectivity index (χ0v) is 15.8. The van der Waals surface area contributed by atoms with E-state index in [1.54, 1.807) is 0 Å². The van der Waals surface area contributed by atoms with Gasteiger partial charge in [0.05, 0.1) is 31.1 Å². The van der Waals surface area contributed by atoms with Crippen LogP contribution in [0.3, 0.4) is 0 Å². The Morgan fingerprint density at radius 3 is 2.35 bits per heavy atom. The molecule has 0 aliphatic carbocycles. The van der Waals surface area contributed by atoms with Crippen LogP contribution in [0.4, 0.5) is 5.69 Å². The predicted octanol–water partition coefficient (Wildman–Crippen LogP) is 3.11. The zero-order chi connectivity index (χ0) is 19.4. The van der Waals surface area contributed by atoms with E-state index in [0.29, 0.717) is 5.56 Å². The molecule has 1 amide bonds. The molecule has 2 rings (SSSR count). The highest BCUT2D eigenvalue weighted by atomic mass is 35.5. The second kappa shape index (κ2) is 8.31. The second-order valence-electron chi connectivity index (χ2n) is 4.77. The second-order valence-corrected chi connectivity index (χ2v) is 5.88. The summed E-state index contributed by atoms with van der Waals surface area (Å²) >= 11 is 17.6. The fraction of sp³-hybridized carbons (Fsp3) is 0.133. The summed E-state index contributed by atoms with van der Waals surface area (Å²) in [6.07, 6.45) is 1.30. The SMILES string of the molecule is COc1cc(/C=N/NC(=O)c2nc(Cl)c(Cl)c(N)c2Cl)cc(OC)c1O. The number of halogens is 3. The highest BCUT2D eigenvalue weighted by Crippen LogP contribution is 2.36. The van der Waals surface area contributed by atoms with Gasteiger partial charge < -0.3 is 20.3 Å². The first-order valence-corrected chi connectivity index (χ1v) is 8.01. The van der Waals surface area contributed by atoms with Crippen molar-refractivity contribution in [3.63, 3.8) is 0 Å². The Labute approximate surface area is 163 Å². The molecular formula is C15H13Cl3N4O4. The number of phenolic OH excluding ortho intramolecular Hbond substituents is 1. The van der Waals surface area contributed by atoms with Gasteiger partial charge in [-0.15, -0.1) is 0 Å². The number of aromatic nitrogens is 1. The van der Waals surface area contributed by atoms with Crippen LogP contribution in [0.25, 0.3) is 0 Å². The number of carbonyl (C=O) groups excluding carboxylic acids is 1. The third-order valence-electron chi connectivity index (χ3n) is 3.17. The minimum atomic E-state index is -0.741. The number of hydrogen-bond donors (Lipinski definition) is 3. The fourth-order valence-electron chi connectivity index (χ4n) is 1.89. The molecule has 8 nitrogen and oxygen atoms in total. The number of nitrogen functional groups attached to an aromatic ring is 1. The number of aromatic hydroxyl groups is 1. The quantitative estimate of drug-likeness (QED) is 0.389. The third kappa shape index (κ3) is 4.04. The van der Waals surface area contributed by atoms with E-state index in [-0.39, 0.29) is 43.8 Å². The molecule has 0 spiro atoms. The summed E-state index contributed by atoms with van der Waals surface area (Å²) < 4.78 is 10.1. The van der Waals surface area contributed by atoms with Crippen LogP contribution < -0.4 is 20.6 Å². The lowest BCUT2D eigenvalue weighted by atomic mass is 10.2. The Bertz CT molecular complexity index is 865. The van der Waals surface area contributed by atoms with Gasteiger partial charge in [-0.05, 0) is 12.1 Å². The summed E-state index contributed by atoms with van der Waals surface area (Å²) in [5, 5.41) is 13.3. The van der Waals surface area contributed by atoms with Crippen molar-refractivity contribution in [3.05, 3.63) is 38.6 Å². The van der Waals surface area contributed by atoms with Crippen LogP contribution >= 0.6 is 34.8 Å². The number of nitrogens with two attached hydrogens (primary N) is 1. The van der Waals surface area contributed by atoms with Gasteiger partial charge in [-0.1, -0.05) is 34.8 Å². The van der Waals surface area contributed by atoms with Crippen LogP contribution in [0.2, 0.25) is 15.2 Å². The number of nitrogens with one attached hydrogen (secondary N) is 1. The molecule has 0 fully saturated rings. The third-order valence-corrected chi connectivity index (χ3v) is 4.30. The minimum absolute atomic E-state index is 0.0417. The van der Waals surface area contributed by atoms with Crippen LogP contribution in [-0.4, -0.2) is 36.4 Å². The van der Waals surface area contributed by atoms with Crippen molar-refractivity contribution < 1.29 is 19.4 Å². The van der Waals surface area contributed by atoms with E-state index in [2.05, 4.69) is 15.5 Å². The largest absolute Gasteiger partial charge is 0.502 e. The molecule has 4 N–H and O–H groups in total. The summed E-state index contributed by atoms with van der Waals surface area (Å²) in [6.45, 7) is 0. The molecule has 26 heavy (non-hydrogen) atoms. The number of benzene rings is 1. The monoisotopic (exact) mass is 418 g/mol. The molecular weight excluding hydrogens is 407 g/mol. The molecule has 0 aliphatic heterocycles. The van der Waals surface area contributed by atoms with Crippen molar-refractivity contribution in [2.45, 2.75) is 0 Å². The molecule has 138 valence electrons. The zero-order valence-electron chi connectivity index (χ0n) is 13.5. The fourth-order valence-corrected chi connectivity index (χ4v) is 2.48. The van der Waals surface area contributed by atoms with Crippen molar-refractivity contribution >= 4 is 52.6 Å². The van der Waals surface area contributed by atoms with Crippen LogP contribution in [-0.2, 0) is 0 Å². The Hall–Kier alpha value is -2.42. The Morgan fingerprint density at radius 2 is 1.81 bits per heavy atom. The van der Waals surface area contributed by atoms with E-state index in [1.165, 1.54) is 32.6 Å². The van der Waals surface area contributed by atoms with Crippen LogP contribution in [0.1, 0.15) is 16.1 Å². The van der Waals surface area contributed by atoms with E-state index in [4.69, 9.17) is 50.0 Å². The number of amides is 1. The summed E-state index contributed by atoms with van der Waals surface area (Å²) in [5.74, 6) is -0.536. The number of hydrazone groups is 1. The summed E-state index contributed by atoms with van der Waals surface area (Å²) in [4.78, 5) is 15.9. The van der Waals surface area contributed by atoms with Crippen molar-refractivity contribution in [2.75, 3.05) is 20.0 Å². The molecule has 1 aromatic carbocycles. The average Bonchev–Trinajstić information content (AvgIpc) is 2.63. The van der Waals surface area contributed by atoms with Gasteiger partial charge in [-0.2, -0.15) is 5.10 Å². The molecule has 11 heteroatoms. The number of methoxy groups -OCH3 is 2. The summed E-state index contributed by atoms with van der Waals surface area (Å²) in [7, 11) is 2.78. The number of carbonyl (C=O) groups is 1. The number of hydrogen-bond acceptors (Lipinski definition) is 7. The smallest absolute Gasteiger partial charge is 0.291 e. The Morgan fingerprint density at radius 1 is 1.23 bits per heavy atom. The number of ether oxygens (including phenoxy) is 2. The van der Waals surface area contributed by atoms with Gasteiger partial charge in [0, 0.05) is 5.56 Å². The van der Waals surface area contributed by atoms with Gasteiger partial charge >= 0.3 is 0 Å². The van der Waals surface area contributed by atoms with Gasteiger partial charge in [0.25, 0.3) is 5.91 Å². The maximum Gasteiger partial charge on any atom is 0.291 e. The van der Waals surface area contributed by atoms with Gasteiger partial charge in [0.2, 0.25) is 5.75 Å². The molecule has 0 aliphatic rings. The topological polar surface area (TPSA) is 119 Å². The lowest BCUT2D eigenvalue weighted by molar-refractivity contribution is 0.0950. The minimum Gasteiger partial charge on any atom is -0.502 e. The van der Waals surface area contributed by atoms with Crippen molar-refractivity contribution in [2.24, 2.45) is 5.10 Å². The molecule has 0 unspecified atom stereocenters. The highest BCUT2D eigenvalue weighted by molar-refractivity contribution is 6.46. The van der Waals surface area contributed by atoms with Crippen molar-refractivity contribution in [1.82, 2.24) is 10.4 Å². The molecule has 0 atom stereocenters. The first-order valence-electron chi connectivity index (χ1n) is 6.88. The summed E-state index contributed by atoms with van der Waals surface area (Å²) in [6, 6.07) is 2.99. The van der Waals surface area contributed by atoms with Crippen LogP contribution in [0.15, 0.2) is 17.2 Å². The maximum absolute atomic E-state index is 12.2. The highest BCUT2D eigenvalue weighted by Gasteiger charge is 2.19. The van der Waals surface area contributed by atoms with Crippen LogP contribution in [0.5, 0.6) is 17.2 Å². The number of rotatable bonds is 5. The van der Waals surface area contributed by atoms with E-state index < -0.39 is 5.91 Å². The average molecular weight is 420 g/mol. The lowest BCUT2D eigenvalue weighted by Crippen LogP contribution is -2.20. The molecule has 1 heterocycles. The Balaban J connectivity index is 2.23. The first kappa shape index (κ1) is 19.9. The van der Waals surface area contributed by atoms with E-state index >= 15 is 0 Å². The molecule has 0 saturated carbocycles. The molecule has 0 saturated heterocycles. The van der Waals surface area contributed by atoms with Crippen molar-refractivity contribution in [3.8, 4) is 17.2 Å². The lowest BCUT2D eigenvalue weighted by Gasteiger charge is -2.09. The normalized spacial score (nSPS) is 10.8. The van der Waals surface area contributed by atoms with Gasteiger partial charge in [-0.25, -0.2) is 10.4 Å². The molecule has 0 bridgehead atoms. The number of phenols is 1. The Kier molecular flexibility index (Phi) is 6.36. The van der Waals surface area contributed by atoms with Crippen molar-refractivity contribution in [1.29, 1.82) is 0 Å². The number of pyridine rings is 1. The van der Waals surface area contributed by atoms with E-state index in [9.17, 15) is 9.90 Å². The maximum atomic E-state index is 12.2. The van der Waals surface area contributed by atoms with E-state index in [1.807, 2.05) is 0 Å². The van der Waals surface area contributed by atoms with Gasteiger partial charge in [-0.3, -0.25) is 4.79 Å². The van der Waals surface area contributed by atoms with Gasteiger partial charge in [0.1, 0.15) is 5.02 Å². The molecule has 1 aromatic heterocycles. The molecule has 2 aromatic rings. The number of anilines is 1. The predicted molar refractivity (Wildman–Crippen MR) is 100.0 cm³/mol. The van der Waals surface area contributed by atoms with Crippen LogP contribution in [0, 0.1) is 0 Å². The van der Waals surface area contributed by atoms with E-state index in [0.717, 1.165) is 0 Å². The standard InChI is InChI=1S/C15H13Cl3N4O4/c1-25-7-3-6(4-8(26-2)13(7)23)5-20-22-15(24)12-9(16)11(19)10(17)14(18)21-12/h3-5,23H,1-2H3,(H2,19,21)(H,22,24)/b20-5+. The number of nitrogens with zero attached hydrogens (tertiary/aromatic N) is 2. The summed E-state index contributed by atoms with van der Waals surface area (Å²) in [5.41, 5.74) is 8.10. The molecule has 0 radical (unpaired) electrons. The van der Waals surface area contributed by atoms with Gasteiger partial charge in [0.15, 0.2) is 22.3 Å². The first-order chi connectivity index (χ1) is 12.3.